The number of phenolic OH excluding ortho intramolecular Hbond substituents is 1. The molecule has 0 aliphatic carbocycles. The van der Waals surface area contributed by atoms with Crippen molar-refractivity contribution in [3.8, 4) is 5.75 Å². The fourth-order valence-electron chi connectivity index (χ4n) is 2.79. The molecule has 3 unspecified atom stereocenters. The highest BCUT2D eigenvalue weighted by Gasteiger charge is 2.27. The van der Waals surface area contributed by atoms with Gasteiger partial charge < -0.3 is 42.0 Å². The Morgan fingerprint density at radius 2 is 1.73 bits per heavy atom. The fourth-order valence-corrected chi connectivity index (χ4v) is 2.79. The van der Waals surface area contributed by atoms with E-state index in [0.717, 1.165) is 0 Å². The number of carboxylic acids is 1. The Morgan fingerprint density at radius 3 is 2.30 bits per heavy atom. The molecular weight excluding hydrogens is 436 g/mol. The van der Waals surface area contributed by atoms with E-state index in [1.54, 1.807) is 12.1 Å². The van der Waals surface area contributed by atoms with Crippen LogP contribution in [0.25, 0.3) is 0 Å². The highest BCUT2D eigenvalue weighted by molar-refractivity contribution is 5.92. The first-order chi connectivity index (χ1) is 15.7. The minimum absolute atomic E-state index is 0.0113. The van der Waals surface area contributed by atoms with Crippen molar-refractivity contribution < 1.29 is 34.5 Å². The van der Waals surface area contributed by atoms with Gasteiger partial charge in [-0.2, -0.15) is 0 Å². The zero-order chi connectivity index (χ0) is 24.4. The van der Waals surface area contributed by atoms with Crippen LogP contribution in [0.4, 0.5) is 0 Å². The Labute approximate surface area is 188 Å². The first-order valence-electron chi connectivity index (χ1n) is 9.91. The van der Waals surface area contributed by atoms with Gasteiger partial charge in [0.25, 0.3) is 0 Å². The van der Waals surface area contributed by atoms with E-state index in [-0.39, 0.29) is 18.6 Å². The van der Waals surface area contributed by atoms with Crippen molar-refractivity contribution in [3.63, 3.8) is 0 Å². The average molecular weight is 462 g/mol. The van der Waals surface area contributed by atoms with Crippen molar-refractivity contribution in [2.24, 2.45) is 5.73 Å². The lowest BCUT2D eigenvalue weighted by molar-refractivity contribution is -0.142. The summed E-state index contributed by atoms with van der Waals surface area (Å²) in [5, 5.41) is 34.9. The number of H-pyrrole nitrogens is 1. The third kappa shape index (κ3) is 8.23. The molecule has 0 saturated heterocycles. The van der Waals surface area contributed by atoms with E-state index in [2.05, 4.69) is 25.9 Å². The fraction of sp³-hybridized carbons (Fsp3) is 0.350. The number of carboxylic acid groups (broad SMARTS) is 1. The van der Waals surface area contributed by atoms with Crippen LogP contribution < -0.4 is 21.7 Å². The molecule has 0 saturated carbocycles. The summed E-state index contributed by atoms with van der Waals surface area (Å²) >= 11 is 0. The summed E-state index contributed by atoms with van der Waals surface area (Å²) in [5.74, 6) is -3.51. The first kappa shape index (κ1) is 25.3. The molecule has 33 heavy (non-hydrogen) atoms. The Bertz CT molecular complexity index is 948. The number of aromatic amines is 1. The Balaban J connectivity index is 2.10. The van der Waals surface area contributed by atoms with Gasteiger partial charge in [0.1, 0.15) is 23.9 Å². The number of nitrogens with zero attached hydrogens (tertiary/aromatic N) is 1. The number of aliphatic hydroxyl groups excluding tert-OH is 1. The molecule has 3 atom stereocenters. The number of nitrogens with two attached hydrogens (primary N) is 1. The molecule has 3 amide bonds. The number of carbonyl (C=O) groups is 4. The molecule has 2 rings (SSSR count). The largest absolute Gasteiger partial charge is 0.508 e. The van der Waals surface area contributed by atoms with E-state index < -0.39 is 55.0 Å². The monoisotopic (exact) mass is 462 g/mol. The second-order valence-electron chi connectivity index (χ2n) is 7.18. The molecule has 2 aromatic rings. The Morgan fingerprint density at radius 1 is 1.03 bits per heavy atom. The molecule has 1 aromatic heterocycles. The van der Waals surface area contributed by atoms with Crippen LogP contribution in [0.2, 0.25) is 0 Å². The number of carbonyl (C=O) groups excluding carboxylic acids is 3. The van der Waals surface area contributed by atoms with Gasteiger partial charge in [-0.1, -0.05) is 12.1 Å². The Hall–Kier alpha value is -3.97. The van der Waals surface area contributed by atoms with Gasteiger partial charge in [-0.25, -0.2) is 9.78 Å². The van der Waals surface area contributed by atoms with Crippen molar-refractivity contribution in [1.82, 2.24) is 25.9 Å². The number of nitrogens with one attached hydrogen (secondary N) is 4. The molecule has 0 aliphatic heterocycles. The molecule has 0 bridgehead atoms. The van der Waals surface area contributed by atoms with Gasteiger partial charge in [-0.05, 0) is 17.7 Å². The van der Waals surface area contributed by atoms with E-state index in [1.165, 1.54) is 24.7 Å². The molecule has 13 nitrogen and oxygen atoms in total. The summed E-state index contributed by atoms with van der Waals surface area (Å²) in [6.45, 7) is -1.12. The minimum Gasteiger partial charge on any atom is -0.508 e. The third-order valence-electron chi connectivity index (χ3n) is 4.58. The van der Waals surface area contributed by atoms with E-state index >= 15 is 0 Å². The number of rotatable bonds is 12. The van der Waals surface area contributed by atoms with Crippen LogP contribution in [0.3, 0.4) is 0 Å². The van der Waals surface area contributed by atoms with Crippen LogP contribution >= 0.6 is 0 Å². The maximum absolute atomic E-state index is 12.9. The lowest BCUT2D eigenvalue weighted by Gasteiger charge is -2.22. The second kappa shape index (κ2) is 12.2. The number of aromatic nitrogens is 2. The van der Waals surface area contributed by atoms with Gasteiger partial charge >= 0.3 is 5.97 Å². The lowest BCUT2D eigenvalue weighted by Crippen LogP contribution is -2.55. The second-order valence-corrected chi connectivity index (χ2v) is 7.18. The summed E-state index contributed by atoms with van der Waals surface area (Å²) in [6.07, 6.45) is 2.73. The lowest BCUT2D eigenvalue weighted by atomic mass is 10.0. The number of aliphatic carboxylic acids is 1. The van der Waals surface area contributed by atoms with Crippen LogP contribution in [0.15, 0.2) is 36.8 Å². The van der Waals surface area contributed by atoms with Crippen molar-refractivity contribution in [2.75, 3.05) is 13.2 Å². The van der Waals surface area contributed by atoms with E-state index in [9.17, 15) is 29.4 Å². The van der Waals surface area contributed by atoms with E-state index in [0.29, 0.717) is 11.3 Å². The summed E-state index contributed by atoms with van der Waals surface area (Å²) in [5.41, 5.74) is 6.44. The molecule has 9 N–H and O–H groups in total. The molecule has 1 aromatic carbocycles. The maximum Gasteiger partial charge on any atom is 0.326 e. The van der Waals surface area contributed by atoms with Gasteiger partial charge in [0, 0.05) is 24.7 Å². The average Bonchev–Trinajstić information content (AvgIpc) is 3.30. The predicted octanol–water partition coefficient (Wildman–Crippen LogP) is -2.61. The molecule has 1 heterocycles. The minimum atomic E-state index is -1.29. The number of hydrogen-bond donors (Lipinski definition) is 8. The Kier molecular flexibility index (Phi) is 9.32. The number of imidazole rings is 1. The quantitative estimate of drug-likeness (QED) is 0.165. The number of amides is 3. The molecule has 0 spiro atoms. The van der Waals surface area contributed by atoms with Gasteiger partial charge in [-0.3, -0.25) is 14.4 Å². The first-order valence-corrected chi connectivity index (χ1v) is 9.91. The van der Waals surface area contributed by atoms with E-state index in [1.807, 2.05) is 0 Å². The zero-order valence-electron chi connectivity index (χ0n) is 17.5. The third-order valence-corrected chi connectivity index (χ3v) is 4.58. The molecule has 0 aliphatic rings. The topological polar surface area (TPSA) is 220 Å². The van der Waals surface area contributed by atoms with Crippen molar-refractivity contribution in [3.05, 3.63) is 48.0 Å². The van der Waals surface area contributed by atoms with Crippen LogP contribution in [0.5, 0.6) is 5.75 Å². The van der Waals surface area contributed by atoms with Gasteiger partial charge in [-0.15, -0.1) is 0 Å². The summed E-state index contributed by atoms with van der Waals surface area (Å²) in [7, 11) is 0. The molecular formula is C20H26N6O7. The molecule has 13 heteroatoms. The number of hydrogen-bond acceptors (Lipinski definition) is 8. The van der Waals surface area contributed by atoms with Crippen LogP contribution in [-0.2, 0) is 32.0 Å². The van der Waals surface area contributed by atoms with Crippen LogP contribution in [0, 0.1) is 0 Å². The highest BCUT2D eigenvalue weighted by Crippen LogP contribution is 2.12. The van der Waals surface area contributed by atoms with Crippen LogP contribution in [0.1, 0.15) is 11.3 Å². The van der Waals surface area contributed by atoms with Crippen LogP contribution in [-0.4, -0.2) is 80.3 Å². The summed E-state index contributed by atoms with van der Waals surface area (Å²) in [4.78, 5) is 55.0. The van der Waals surface area contributed by atoms with E-state index in [4.69, 9.17) is 10.8 Å². The molecule has 0 fully saturated rings. The molecule has 0 radical (unpaired) electrons. The standard InChI is InChI=1S/C20H26N6O7/c21-14(9-27)18(30)23-8-17(29)25-15(5-11-1-3-13(28)4-2-11)19(31)26-16(20(32)33)6-12-7-22-10-24-12/h1-4,7,10,14-16,27-28H,5-6,8-9,21H2,(H,22,24)(H,23,30)(H,25,29)(H,26,31)(H,32,33). The number of aromatic hydroxyl groups is 1. The number of aliphatic hydroxyl groups is 1. The van der Waals surface area contributed by atoms with Crippen molar-refractivity contribution in [1.29, 1.82) is 0 Å². The SMILES string of the molecule is NC(CO)C(=O)NCC(=O)NC(Cc1ccc(O)cc1)C(=O)NC(Cc1cnc[nH]1)C(=O)O. The highest BCUT2D eigenvalue weighted by atomic mass is 16.4. The summed E-state index contributed by atoms with van der Waals surface area (Å²) in [6, 6.07) is 2.22. The molecule has 178 valence electrons. The zero-order valence-corrected chi connectivity index (χ0v) is 17.5. The predicted molar refractivity (Wildman–Crippen MR) is 114 cm³/mol. The number of phenols is 1. The van der Waals surface area contributed by atoms with Gasteiger partial charge in [0.2, 0.25) is 17.7 Å². The maximum atomic E-state index is 12.9. The summed E-state index contributed by atoms with van der Waals surface area (Å²) < 4.78 is 0. The number of benzene rings is 1. The van der Waals surface area contributed by atoms with Gasteiger partial charge in [0.05, 0.1) is 19.5 Å². The van der Waals surface area contributed by atoms with Crippen molar-refractivity contribution in [2.45, 2.75) is 31.0 Å². The van der Waals surface area contributed by atoms with Crippen molar-refractivity contribution >= 4 is 23.7 Å². The van der Waals surface area contributed by atoms with Gasteiger partial charge in [0.15, 0.2) is 0 Å². The smallest absolute Gasteiger partial charge is 0.326 e. The normalized spacial score (nSPS) is 13.4.